The first-order chi connectivity index (χ1) is 9.24. The zero-order valence-corrected chi connectivity index (χ0v) is 12.1. The van der Waals surface area contributed by atoms with Gasteiger partial charge in [-0.25, -0.2) is 0 Å². The molecule has 4 heteroatoms. The predicted molar refractivity (Wildman–Crippen MR) is 77.2 cm³/mol. The van der Waals surface area contributed by atoms with Gasteiger partial charge in [-0.2, -0.15) is 0 Å². The van der Waals surface area contributed by atoms with E-state index < -0.39 is 0 Å². The molecule has 1 fully saturated rings. The molecule has 1 N–H and O–H groups in total. The van der Waals surface area contributed by atoms with Crippen molar-refractivity contribution in [3.8, 4) is 0 Å². The number of nitrogens with zero attached hydrogens (tertiary/aromatic N) is 2. The van der Waals surface area contributed by atoms with E-state index in [1.54, 1.807) is 0 Å². The lowest BCUT2D eigenvalue weighted by atomic mass is 10.1. The van der Waals surface area contributed by atoms with Crippen LogP contribution in [0.4, 0.5) is 0 Å². The molecule has 0 radical (unpaired) electrons. The van der Waals surface area contributed by atoms with E-state index in [9.17, 15) is 0 Å². The molecular formula is C15H25N3O. The van der Waals surface area contributed by atoms with Crippen molar-refractivity contribution in [1.29, 1.82) is 0 Å². The largest absolute Gasteiger partial charge is 0.377 e. The highest BCUT2D eigenvalue weighted by Crippen LogP contribution is 2.07. The van der Waals surface area contributed by atoms with Gasteiger partial charge < -0.3 is 10.1 Å². The molecule has 0 bridgehead atoms. The highest BCUT2D eigenvalue weighted by molar-refractivity contribution is 5.09. The van der Waals surface area contributed by atoms with Gasteiger partial charge in [0.2, 0.25) is 0 Å². The summed E-state index contributed by atoms with van der Waals surface area (Å²) in [5.41, 5.74) is 2.21. The van der Waals surface area contributed by atoms with Crippen LogP contribution in [0.15, 0.2) is 18.2 Å². The number of rotatable bonds is 6. The molecule has 0 atom stereocenters. The topological polar surface area (TPSA) is 37.4 Å². The predicted octanol–water partition coefficient (Wildman–Crippen LogP) is 1.59. The molecule has 19 heavy (non-hydrogen) atoms. The van der Waals surface area contributed by atoms with Gasteiger partial charge in [0.15, 0.2) is 0 Å². The van der Waals surface area contributed by atoms with Crippen LogP contribution in [0.5, 0.6) is 0 Å². The van der Waals surface area contributed by atoms with Gasteiger partial charge in [-0.15, -0.1) is 0 Å². The number of hydrogen-bond acceptors (Lipinski definition) is 4. The van der Waals surface area contributed by atoms with Crippen LogP contribution in [-0.2, 0) is 11.3 Å². The Morgan fingerprint density at radius 2 is 2.16 bits per heavy atom. The van der Waals surface area contributed by atoms with Gasteiger partial charge in [-0.3, -0.25) is 9.88 Å². The molecule has 0 aromatic carbocycles. The van der Waals surface area contributed by atoms with Gasteiger partial charge in [-0.1, -0.05) is 6.07 Å². The van der Waals surface area contributed by atoms with E-state index in [4.69, 9.17) is 4.74 Å². The van der Waals surface area contributed by atoms with Gasteiger partial charge >= 0.3 is 0 Å². The van der Waals surface area contributed by atoms with Crippen molar-refractivity contribution in [3.05, 3.63) is 29.6 Å². The Bertz CT molecular complexity index is 377. The van der Waals surface area contributed by atoms with Crippen molar-refractivity contribution >= 4 is 0 Å². The zero-order valence-electron chi connectivity index (χ0n) is 12.1. The van der Waals surface area contributed by atoms with E-state index in [2.05, 4.69) is 34.4 Å². The highest BCUT2D eigenvalue weighted by atomic mass is 16.5. The van der Waals surface area contributed by atoms with Crippen LogP contribution in [0, 0.1) is 6.92 Å². The number of hydrogen-bond donors (Lipinski definition) is 1. The third-order valence-corrected chi connectivity index (χ3v) is 3.49. The normalized spacial score (nSPS) is 17.0. The average Bonchev–Trinajstić information content (AvgIpc) is 2.40. The van der Waals surface area contributed by atoms with E-state index in [0.29, 0.717) is 6.10 Å². The maximum Gasteiger partial charge on any atom is 0.0600 e. The Morgan fingerprint density at radius 3 is 2.89 bits per heavy atom. The number of aromatic nitrogens is 1. The Labute approximate surface area is 116 Å². The first kappa shape index (κ1) is 14.4. The van der Waals surface area contributed by atoms with Crippen LogP contribution >= 0.6 is 0 Å². The summed E-state index contributed by atoms with van der Waals surface area (Å²) in [6.45, 7) is 6.87. The Kier molecular flexibility index (Phi) is 5.76. The first-order valence-electron chi connectivity index (χ1n) is 7.17. The first-order valence-corrected chi connectivity index (χ1v) is 7.17. The molecule has 1 aliphatic rings. The molecule has 106 valence electrons. The second kappa shape index (κ2) is 7.58. The molecule has 0 amide bonds. The summed E-state index contributed by atoms with van der Waals surface area (Å²) >= 11 is 0. The molecule has 0 saturated carbocycles. The van der Waals surface area contributed by atoms with Crippen LogP contribution in [0.1, 0.15) is 24.2 Å². The summed E-state index contributed by atoms with van der Waals surface area (Å²) in [5, 5.41) is 3.35. The number of ether oxygens (including phenoxy) is 1. The second-order valence-electron chi connectivity index (χ2n) is 5.33. The lowest BCUT2D eigenvalue weighted by molar-refractivity contribution is 0.0223. The van der Waals surface area contributed by atoms with Crippen LogP contribution in [0.2, 0.25) is 0 Å². The van der Waals surface area contributed by atoms with E-state index in [-0.39, 0.29) is 0 Å². The number of aryl methyl sites for hydroxylation is 1. The Balaban J connectivity index is 1.65. The van der Waals surface area contributed by atoms with E-state index in [0.717, 1.165) is 57.0 Å². The van der Waals surface area contributed by atoms with Crippen LogP contribution in [-0.4, -0.2) is 49.3 Å². The Morgan fingerprint density at radius 1 is 1.37 bits per heavy atom. The fourth-order valence-corrected chi connectivity index (χ4v) is 2.38. The summed E-state index contributed by atoms with van der Waals surface area (Å²) in [6.07, 6.45) is 2.73. The highest BCUT2D eigenvalue weighted by Gasteiger charge is 2.13. The lowest BCUT2D eigenvalue weighted by Gasteiger charge is -2.24. The minimum atomic E-state index is 0.451. The van der Waals surface area contributed by atoms with Crippen molar-refractivity contribution in [3.63, 3.8) is 0 Å². The maximum atomic E-state index is 5.91. The van der Waals surface area contributed by atoms with Crippen molar-refractivity contribution in [2.24, 2.45) is 0 Å². The minimum absolute atomic E-state index is 0.451. The molecule has 2 rings (SSSR count). The van der Waals surface area contributed by atoms with Crippen molar-refractivity contribution < 1.29 is 4.74 Å². The van der Waals surface area contributed by atoms with E-state index >= 15 is 0 Å². The van der Waals surface area contributed by atoms with Crippen molar-refractivity contribution in [2.45, 2.75) is 32.4 Å². The number of nitrogens with one attached hydrogen (secondary N) is 1. The molecule has 2 heterocycles. The molecule has 1 aromatic heterocycles. The van der Waals surface area contributed by atoms with Gasteiger partial charge in [0, 0.05) is 18.8 Å². The number of piperidine rings is 1. The van der Waals surface area contributed by atoms with Gasteiger partial charge in [0.1, 0.15) is 0 Å². The zero-order chi connectivity index (χ0) is 13.5. The standard InChI is InChI=1S/C15H25N3O/c1-13-4-3-5-14(17-13)12-18(2)10-11-19-15-6-8-16-9-7-15/h3-5,15-16H,6-12H2,1-2H3. The van der Waals surface area contributed by atoms with Crippen molar-refractivity contribution in [1.82, 2.24) is 15.2 Å². The molecule has 0 spiro atoms. The molecule has 0 aliphatic carbocycles. The van der Waals surface area contributed by atoms with Gasteiger partial charge in [0.25, 0.3) is 0 Å². The second-order valence-corrected chi connectivity index (χ2v) is 5.33. The van der Waals surface area contributed by atoms with Crippen molar-refractivity contribution in [2.75, 3.05) is 33.3 Å². The third-order valence-electron chi connectivity index (χ3n) is 3.49. The lowest BCUT2D eigenvalue weighted by Crippen LogP contribution is -2.34. The van der Waals surface area contributed by atoms with E-state index in [1.807, 2.05) is 13.0 Å². The summed E-state index contributed by atoms with van der Waals surface area (Å²) in [6, 6.07) is 6.18. The minimum Gasteiger partial charge on any atom is -0.377 e. The van der Waals surface area contributed by atoms with Crippen LogP contribution in [0.25, 0.3) is 0 Å². The summed E-state index contributed by atoms with van der Waals surface area (Å²) in [7, 11) is 2.12. The fraction of sp³-hybridized carbons (Fsp3) is 0.667. The summed E-state index contributed by atoms with van der Waals surface area (Å²) in [5.74, 6) is 0. The number of likely N-dealkylation sites (N-methyl/N-ethyl adjacent to an activating group) is 1. The van der Waals surface area contributed by atoms with E-state index in [1.165, 1.54) is 0 Å². The quantitative estimate of drug-likeness (QED) is 0.846. The SMILES string of the molecule is Cc1cccc(CN(C)CCOC2CCNCC2)n1. The molecule has 4 nitrogen and oxygen atoms in total. The molecule has 0 unspecified atom stereocenters. The average molecular weight is 263 g/mol. The molecule has 1 saturated heterocycles. The number of pyridine rings is 1. The monoisotopic (exact) mass is 263 g/mol. The summed E-state index contributed by atoms with van der Waals surface area (Å²) < 4.78 is 5.91. The molecular weight excluding hydrogens is 238 g/mol. The van der Waals surface area contributed by atoms with Crippen LogP contribution < -0.4 is 5.32 Å². The van der Waals surface area contributed by atoms with Gasteiger partial charge in [-0.05, 0) is 52.0 Å². The Hall–Kier alpha value is -0.970. The summed E-state index contributed by atoms with van der Waals surface area (Å²) in [4.78, 5) is 6.79. The smallest absolute Gasteiger partial charge is 0.0600 e. The molecule has 1 aromatic rings. The molecule has 1 aliphatic heterocycles. The maximum absolute atomic E-state index is 5.91. The van der Waals surface area contributed by atoms with Crippen LogP contribution in [0.3, 0.4) is 0 Å². The third kappa shape index (κ3) is 5.27. The van der Waals surface area contributed by atoms with Gasteiger partial charge in [0.05, 0.1) is 18.4 Å². The fourth-order valence-electron chi connectivity index (χ4n) is 2.38.